The average Bonchev–Trinajstić information content (AvgIpc) is 2.33. The molecule has 0 aromatic heterocycles. The molecule has 19 heavy (non-hydrogen) atoms. The van der Waals surface area contributed by atoms with Crippen molar-refractivity contribution in [3.05, 3.63) is 39.9 Å². The van der Waals surface area contributed by atoms with E-state index < -0.39 is 11.6 Å². The summed E-state index contributed by atoms with van der Waals surface area (Å²) in [5, 5.41) is 3.29. The van der Waals surface area contributed by atoms with Gasteiger partial charge < -0.3 is 5.32 Å². The minimum absolute atomic E-state index is 0.0539. The number of hydrogen-bond acceptors (Lipinski definition) is 1. The Morgan fingerprint density at radius 3 is 2.68 bits per heavy atom. The number of nitrogens with one attached hydrogen (secondary N) is 1. The van der Waals surface area contributed by atoms with Crippen LogP contribution >= 0.6 is 15.9 Å². The third kappa shape index (κ3) is 5.03. The molecule has 0 heterocycles. The lowest BCUT2D eigenvalue weighted by atomic mass is 10.0. The first kappa shape index (κ1) is 16.3. The Kier molecular flexibility index (Phi) is 6.66. The van der Waals surface area contributed by atoms with E-state index in [1.807, 2.05) is 6.08 Å². The highest BCUT2D eigenvalue weighted by Crippen LogP contribution is 2.27. The molecule has 0 saturated carbocycles. The van der Waals surface area contributed by atoms with E-state index in [4.69, 9.17) is 0 Å². The van der Waals surface area contributed by atoms with Crippen LogP contribution in [-0.2, 0) is 0 Å². The molecule has 0 fully saturated rings. The molecule has 0 aliphatic heterocycles. The molecule has 1 aromatic carbocycles. The first-order valence-electron chi connectivity index (χ1n) is 6.44. The van der Waals surface area contributed by atoms with Gasteiger partial charge in [0.05, 0.1) is 4.47 Å². The summed E-state index contributed by atoms with van der Waals surface area (Å²) in [5.74, 6) is -0.460. The van der Waals surface area contributed by atoms with Crippen molar-refractivity contribution in [3.8, 4) is 0 Å². The van der Waals surface area contributed by atoms with E-state index in [9.17, 15) is 8.78 Å². The van der Waals surface area contributed by atoms with Gasteiger partial charge in [-0.1, -0.05) is 19.9 Å². The van der Waals surface area contributed by atoms with E-state index in [0.29, 0.717) is 11.5 Å². The van der Waals surface area contributed by atoms with Crippen LogP contribution in [0.5, 0.6) is 0 Å². The van der Waals surface area contributed by atoms with Gasteiger partial charge in [0.25, 0.3) is 0 Å². The largest absolute Gasteiger partial charge is 0.316 e. The minimum Gasteiger partial charge on any atom is -0.316 e. The zero-order valence-electron chi connectivity index (χ0n) is 11.6. The third-order valence-corrected chi connectivity index (χ3v) is 3.37. The second-order valence-electron chi connectivity index (χ2n) is 4.99. The van der Waals surface area contributed by atoms with E-state index in [1.54, 1.807) is 6.92 Å². The fourth-order valence-corrected chi connectivity index (χ4v) is 2.10. The van der Waals surface area contributed by atoms with Gasteiger partial charge in [-0.2, -0.15) is 0 Å². The Labute approximate surface area is 122 Å². The second kappa shape index (κ2) is 7.75. The van der Waals surface area contributed by atoms with Crippen LogP contribution in [0.1, 0.15) is 32.8 Å². The van der Waals surface area contributed by atoms with Crippen LogP contribution in [0.15, 0.2) is 22.7 Å². The lowest BCUT2D eigenvalue weighted by Gasteiger charge is -2.08. The van der Waals surface area contributed by atoms with Gasteiger partial charge in [-0.15, -0.1) is 0 Å². The highest BCUT2D eigenvalue weighted by atomic mass is 79.9. The van der Waals surface area contributed by atoms with Crippen LogP contribution in [0.2, 0.25) is 0 Å². The van der Waals surface area contributed by atoms with Crippen LogP contribution in [-0.4, -0.2) is 13.1 Å². The lowest BCUT2D eigenvalue weighted by Crippen LogP contribution is -2.20. The molecule has 0 aliphatic carbocycles. The predicted octanol–water partition coefficient (Wildman–Crippen LogP) is 4.77. The number of benzene rings is 1. The standard InChI is InChI=1S/C15H20BrF2N/c1-10(2)9-19-8-4-5-11(3)14-13(17)7-6-12(16)15(14)18/h5-7,10,19H,4,8-9H2,1-3H3/b11-5-. The van der Waals surface area contributed by atoms with Crippen molar-refractivity contribution in [2.75, 3.05) is 13.1 Å². The fraction of sp³-hybridized carbons (Fsp3) is 0.467. The summed E-state index contributed by atoms with van der Waals surface area (Å²) in [6, 6.07) is 2.66. The van der Waals surface area contributed by atoms with Gasteiger partial charge in [-0.3, -0.25) is 0 Å². The molecule has 1 nitrogen and oxygen atoms in total. The maximum absolute atomic E-state index is 13.9. The normalized spacial score (nSPS) is 12.3. The summed E-state index contributed by atoms with van der Waals surface area (Å²) in [4.78, 5) is 0. The Bertz CT molecular complexity index is 456. The van der Waals surface area contributed by atoms with E-state index >= 15 is 0 Å². The highest BCUT2D eigenvalue weighted by Gasteiger charge is 2.13. The molecule has 0 spiro atoms. The number of allylic oxidation sites excluding steroid dienone is 1. The van der Waals surface area contributed by atoms with Gasteiger partial charge in [0.2, 0.25) is 0 Å². The van der Waals surface area contributed by atoms with Gasteiger partial charge in [-0.05, 0) is 66.0 Å². The molecule has 0 atom stereocenters. The second-order valence-corrected chi connectivity index (χ2v) is 5.85. The number of rotatable bonds is 6. The molecule has 0 radical (unpaired) electrons. The molecule has 1 rings (SSSR count). The lowest BCUT2D eigenvalue weighted by molar-refractivity contribution is 0.556. The Morgan fingerprint density at radius 1 is 1.37 bits per heavy atom. The quantitative estimate of drug-likeness (QED) is 0.585. The fourth-order valence-electron chi connectivity index (χ4n) is 1.77. The van der Waals surface area contributed by atoms with Crippen LogP contribution in [0.3, 0.4) is 0 Å². The molecule has 0 amide bonds. The van der Waals surface area contributed by atoms with Crippen molar-refractivity contribution in [1.82, 2.24) is 5.32 Å². The summed E-state index contributed by atoms with van der Waals surface area (Å²) in [5.41, 5.74) is 0.681. The highest BCUT2D eigenvalue weighted by molar-refractivity contribution is 9.10. The minimum atomic E-state index is -0.538. The van der Waals surface area contributed by atoms with Crippen molar-refractivity contribution in [2.45, 2.75) is 27.2 Å². The van der Waals surface area contributed by atoms with Crippen molar-refractivity contribution < 1.29 is 8.78 Å². The van der Waals surface area contributed by atoms with Gasteiger partial charge in [0.15, 0.2) is 0 Å². The van der Waals surface area contributed by atoms with Gasteiger partial charge in [0.1, 0.15) is 11.6 Å². The maximum atomic E-state index is 13.9. The number of halogens is 3. The molecule has 0 unspecified atom stereocenters. The monoisotopic (exact) mass is 331 g/mol. The smallest absolute Gasteiger partial charge is 0.147 e. The molecule has 4 heteroatoms. The van der Waals surface area contributed by atoms with Crippen molar-refractivity contribution in [1.29, 1.82) is 0 Å². The predicted molar refractivity (Wildman–Crippen MR) is 80.0 cm³/mol. The summed E-state index contributed by atoms with van der Waals surface area (Å²) in [6.45, 7) is 7.77. The van der Waals surface area contributed by atoms with Gasteiger partial charge in [-0.25, -0.2) is 8.78 Å². The van der Waals surface area contributed by atoms with E-state index in [1.165, 1.54) is 12.1 Å². The van der Waals surface area contributed by atoms with Crippen LogP contribution < -0.4 is 5.32 Å². The Hall–Kier alpha value is -0.740. The summed E-state index contributed by atoms with van der Waals surface area (Å²) in [6.07, 6.45) is 2.62. The van der Waals surface area contributed by atoms with Crippen molar-refractivity contribution in [2.24, 2.45) is 5.92 Å². The zero-order chi connectivity index (χ0) is 14.4. The molecule has 106 valence electrons. The maximum Gasteiger partial charge on any atom is 0.147 e. The third-order valence-electron chi connectivity index (χ3n) is 2.76. The van der Waals surface area contributed by atoms with Crippen LogP contribution in [0, 0.1) is 17.6 Å². The Morgan fingerprint density at radius 2 is 2.05 bits per heavy atom. The first-order valence-corrected chi connectivity index (χ1v) is 7.24. The van der Waals surface area contributed by atoms with Crippen molar-refractivity contribution in [3.63, 3.8) is 0 Å². The molecular weight excluding hydrogens is 312 g/mol. The molecule has 0 saturated heterocycles. The SMILES string of the molecule is C/C(=C/CCNCC(C)C)c1c(F)ccc(Br)c1F. The Balaban J connectivity index is 2.67. The summed E-state index contributed by atoms with van der Waals surface area (Å²) < 4.78 is 27.8. The zero-order valence-corrected chi connectivity index (χ0v) is 13.2. The van der Waals surface area contributed by atoms with E-state index in [2.05, 4.69) is 35.1 Å². The van der Waals surface area contributed by atoms with Gasteiger partial charge in [0, 0.05) is 5.56 Å². The summed E-state index contributed by atoms with van der Waals surface area (Å²) in [7, 11) is 0. The number of hydrogen-bond donors (Lipinski definition) is 1. The molecule has 1 N–H and O–H groups in total. The molecule has 0 bridgehead atoms. The first-order chi connectivity index (χ1) is 8.93. The molecule has 0 aliphatic rings. The van der Waals surface area contributed by atoms with E-state index in [-0.39, 0.29) is 10.0 Å². The van der Waals surface area contributed by atoms with Crippen molar-refractivity contribution >= 4 is 21.5 Å². The average molecular weight is 332 g/mol. The topological polar surface area (TPSA) is 12.0 Å². The van der Waals surface area contributed by atoms with E-state index in [0.717, 1.165) is 19.5 Å². The summed E-state index contributed by atoms with van der Waals surface area (Å²) >= 11 is 3.08. The van der Waals surface area contributed by atoms with Crippen LogP contribution in [0.25, 0.3) is 5.57 Å². The van der Waals surface area contributed by atoms with Gasteiger partial charge >= 0.3 is 0 Å². The molecule has 1 aromatic rings. The molecular formula is C15H20BrF2N. The van der Waals surface area contributed by atoms with Crippen LogP contribution in [0.4, 0.5) is 8.78 Å².